The highest BCUT2D eigenvalue weighted by molar-refractivity contribution is 7.98. The van der Waals surface area contributed by atoms with Crippen molar-refractivity contribution in [1.82, 2.24) is 10.1 Å². The quantitative estimate of drug-likeness (QED) is 0.489. The number of benzene rings is 2. The second-order valence-electron chi connectivity index (χ2n) is 6.27. The number of amides is 1. The van der Waals surface area contributed by atoms with E-state index in [-0.39, 0.29) is 5.91 Å². The zero-order chi connectivity index (χ0) is 19.7. The first kappa shape index (κ1) is 18.1. The van der Waals surface area contributed by atoms with Crippen molar-refractivity contribution in [2.45, 2.75) is 24.5 Å². The number of aromatic amines is 1. The number of carbonyl (C=O) groups is 1. The Morgan fingerprint density at radius 1 is 1.21 bits per heavy atom. The maximum Gasteiger partial charge on any atom is 0.417 e. The molecule has 2 heterocycles. The summed E-state index contributed by atoms with van der Waals surface area (Å²) in [4.78, 5) is 27.5. The number of fused-ring (bicyclic) bond motifs is 1. The summed E-state index contributed by atoms with van der Waals surface area (Å²) in [6.07, 6.45) is 0. The lowest BCUT2D eigenvalue weighted by molar-refractivity contribution is 0.102. The first-order valence-corrected chi connectivity index (χ1v) is 9.57. The highest BCUT2D eigenvalue weighted by atomic mass is 32.2. The molecule has 0 radical (unpaired) electrons. The molecule has 0 fully saturated rings. The fourth-order valence-electron chi connectivity index (χ4n) is 2.87. The van der Waals surface area contributed by atoms with Crippen LogP contribution in [0.3, 0.4) is 0 Å². The predicted molar refractivity (Wildman–Crippen MR) is 107 cm³/mol. The summed E-state index contributed by atoms with van der Waals surface area (Å²) in [5.41, 5.74) is 4.01. The van der Waals surface area contributed by atoms with Gasteiger partial charge in [-0.05, 0) is 44.2 Å². The van der Waals surface area contributed by atoms with Crippen LogP contribution >= 0.6 is 11.8 Å². The molecular weight excluding hydrogens is 378 g/mol. The molecule has 0 saturated carbocycles. The third-order valence-electron chi connectivity index (χ3n) is 4.36. The normalized spacial score (nSPS) is 11.1. The van der Waals surface area contributed by atoms with Gasteiger partial charge in [-0.15, -0.1) is 11.8 Å². The fraction of sp³-hybridized carbons (Fsp3) is 0.150. The van der Waals surface area contributed by atoms with E-state index in [4.69, 9.17) is 8.94 Å². The molecule has 8 heteroatoms. The van der Waals surface area contributed by atoms with Crippen LogP contribution < -0.4 is 11.1 Å². The van der Waals surface area contributed by atoms with Gasteiger partial charge < -0.3 is 14.3 Å². The van der Waals surface area contributed by atoms with Gasteiger partial charge in [-0.1, -0.05) is 17.3 Å². The van der Waals surface area contributed by atoms with E-state index in [1.807, 2.05) is 32.0 Å². The molecule has 2 aromatic heterocycles. The van der Waals surface area contributed by atoms with Crippen molar-refractivity contribution in [3.8, 4) is 0 Å². The number of oxazole rings is 1. The standard InChI is InChI=1S/C20H17N3O4S/c1-11-15(12(2)27-23-11)10-28-18-6-4-3-5-14(18)19(24)21-13-7-8-17-16(9-13)22-20(25)26-17/h3-9H,10H2,1-2H3,(H,21,24)(H,22,25). The van der Waals surface area contributed by atoms with Gasteiger partial charge >= 0.3 is 5.76 Å². The lowest BCUT2D eigenvalue weighted by Crippen LogP contribution is -2.13. The molecule has 142 valence electrons. The van der Waals surface area contributed by atoms with Crippen LogP contribution in [-0.4, -0.2) is 16.0 Å². The van der Waals surface area contributed by atoms with Crippen molar-refractivity contribution in [2.24, 2.45) is 0 Å². The number of rotatable bonds is 5. The van der Waals surface area contributed by atoms with Crippen LogP contribution in [0.25, 0.3) is 11.1 Å². The lowest BCUT2D eigenvalue weighted by Gasteiger charge is -2.10. The molecule has 4 rings (SSSR count). The summed E-state index contributed by atoms with van der Waals surface area (Å²) in [6.45, 7) is 3.78. The molecule has 2 N–H and O–H groups in total. The zero-order valence-corrected chi connectivity index (χ0v) is 16.1. The number of carbonyl (C=O) groups excluding carboxylic acids is 1. The minimum Gasteiger partial charge on any atom is -0.408 e. The smallest absolute Gasteiger partial charge is 0.408 e. The molecule has 0 aliphatic carbocycles. The molecule has 28 heavy (non-hydrogen) atoms. The Morgan fingerprint density at radius 2 is 2.04 bits per heavy atom. The first-order chi connectivity index (χ1) is 13.5. The van der Waals surface area contributed by atoms with Gasteiger partial charge in [-0.2, -0.15) is 0 Å². The van der Waals surface area contributed by atoms with Crippen molar-refractivity contribution < 1.29 is 13.7 Å². The summed E-state index contributed by atoms with van der Waals surface area (Å²) < 4.78 is 10.2. The van der Waals surface area contributed by atoms with Crippen LogP contribution in [0.2, 0.25) is 0 Å². The Balaban J connectivity index is 1.54. The summed E-state index contributed by atoms with van der Waals surface area (Å²) in [5, 5.41) is 6.84. The van der Waals surface area contributed by atoms with Gasteiger partial charge in [-0.3, -0.25) is 9.78 Å². The van der Waals surface area contributed by atoms with Crippen molar-refractivity contribution in [3.63, 3.8) is 0 Å². The van der Waals surface area contributed by atoms with Crippen molar-refractivity contribution in [1.29, 1.82) is 0 Å². The van der Waals surface area contributed by atoms with Gasteiger partial charge in [0.2, 0.25) is 0 Å². The van der Waals surface area contributed by atoms with Gasteiger partial charge in [0.1, 0.15) is 5.76 Å². The number of aromatic nitrogens is 2. The van der Waals surface area contributed by atoms with Crippen molar-refractivity contribution in [3.05, 3.63) is 75.6 Å². The Hall–Kier alpha value is -3.26. The number of nitrogens with one attached hydrogen (secondary N) is 2. The number of anilines is 1. The van der Waals surface area contributed by atoms with E-state index in [0.29, 0.717) is 28.1 Å². The van der Waals surface area contributed by atoms with Gasteiger partial charge in [0, 0.05) is 21.9 Å². The van der Waals surface area contributed by atoms with E-state index in [2.05, 4.69) is 15.5 Å². The highest BCUT2D eigenvalue weighted by Crippen LogP contribution is 2.29. The third-order valence-corrected chi connectivity index (χ3v) is 5.46. The van der Waals surface area contributed by atoms with E-state index in [1.165, 1.54) is 0 Å². The molecule has 7 nitrogen and oxygen atoms in total. The van der Waals surface area contributed by atoms with Crippen LogP contribution in [0.1, 0.15) is 27.4 Å². The van der Waals surface area contributed by atoms with Crippen LogP contribution in [0.4, 0.5) is 5.69 Å². The van der Waals surface area contributed by atoms with E-state index in [9.17, 15) is 9.59 Å². The monoisotopic (exact) mass is 395 g/mol. The van der Waals surface area contributed by atoms with E-state index in [0.717, 1.165) is 21.9 Å². The largest absolute Gasteiger partial charge is 0.417 e. The number of nitrogens with zero attached hydrogens (tertiary/aromatic N) is 1. The zero-order valence-electron chi connectivity index (χ0n) is 15.2. The molecule has 1 amide bonds. The third kappa shape index (κ3) is 3.59. The predicted octanol–water partition coefficient (Wildman–Crippen LogP) is 4.27. The summed E-state index contributed by atoms with van der Waals surface area (Å²) in [6, 6.07) is 12.4. The molecule has 0 aliphatic heterocycles. The van der Waals surface area contributed by atoms with Crippen LogP contribution in [0, 0.1) is 13.8 Å². The Kier molecular flexibility index (Phi) is 4.79. The second kappa shape index (κ2) is 7.40. The van der Waals surface area contributed by atoms with Gasteiger partial charge in [0.05, 0.1) is 16.8 Å². The second-order valence-corrected chi connectivity index (χ2v) is 7.28. The maximum absolute atomic E-state index is 12.8. The van der Waals surface area contributed by atoms with Crippen LogP contribution in [0.15, 0.2) is 61.1 Å². The summed E-state index contributed by atoms with van der Waals surface area (Å²) in [7, 11) is 0. The minimum atomic E-state index is -0.528. The lowest BCUT2D eigenvalue weighted by atomic mass is 10.2. The Morgan fingerprint density at radius 3 is 2.82 bits per heavy atom. The highest BCUT2D eigenvalue weighted by Gasteiger charge is 2.15. The molecule has 0 aliphatic rings. The Bertz CT molecular complexity index is 1200. The number of thioether (sulfide) groups is 1. The molecule has 0 unspecified atom stereocenters. The Labute approximate surface area is 164 Å². The molecular formula is C20H17N3O4S. The molecule has 0 atom stereocenters. The topological polar surface area (TPSA) is 101 Å². The fourth-order valence-corrected chi connectivity index (χ4v) is 4.07. The molecule has 0 spiro atoms. The average Bonchev–Trinajstić information content (AvgIpc) is 3.20. The van der Waals surface area contributed by atoms with Crippen molar-refractivity contribution in [2.75, 3.05) is 5.32 Å². The maximum atomic E-state index is 12.8. The van der Waals surface area contributed by atoms with E-state index in [1.54, 1.807) is 36.0 Å². The number of aryl methyl sites for hydroxylation is 2. The van der Waals surface area contributed by atoms with Gasteiger partial charge in [-0.25, -0.2) is 4.79 Å². The SMILES string of the molecule is Cc1noc(C)c1CSc1ccccc1C(=O)Nc1ccc2oc(=O)[nH]c2c1. The van der Waals surface area contributed by atoms with E-state index < -0.39 is 5.76 Å². The number of hydrogen-bond donors (Lipinski definition) is 2. The van der Waals surface area contributed by atoms with Crippen LogP contribution in [0.5, 0.6) is 0 Å². The minimum absolute atomic E-state index is 0.230. The molecule has 4 aromatic rings. The molecule has 2 aromatic carbocycles. The number of H-pyrrole nitrogens is 1. The summed E-state index contributed by atoms with van der Waals surface area (Å²) in [5.74, 6) is 0.689. The first-order valence-electron chi connectivity index (χ1n) is 8.59. The van der Waals surface area contributed by atoms with Gasteiger partial charge in [0.25, 0.3) is 5.91 Å². The summed E-state index contributed by atoms with van der Waals surface area (Å²) >= 11 is 1.55. The van der Waals surface area contributed by atoms with Gasteiger partial charge in [0.15, 0.2) is 5.58 Å². The van der Waals surface area contributed by atoms with Crippen LogP contribution in [-0.2, 0) is 5.75 Å². The number of hydrogen-bond acceptors (Lipinski definition) is 6. The van der Waals surface area contributed by atoms with Crippen molar-refractivity contribution >= 4 is 34.5 Å². The molecule has 0 bridgehead atoms. The van der Waals surface area contributed by atoms with E-state index >= 15 is 0 Å². The average molecular weight is 395 g/mol. The molecule has 0 saturated heterocycles.